The Morgan fingerprint density at radius 3 is 2.90 bits per heavy atom. The second kappa shape index (κ2) is 6.20. The van der Waals surface area contributed by atoms with Crippen LogP contribution in [0.25, 0.3) is 11.4 Å². The van der Waals surface area contributed by atoms with Gasteiger partial charge in [-0.15, -0.1) is 0 Å². The molecule has 0 unspecified atom stereocenters. The van der Waals surface area contributed by atoms with E-state index in [1.165, 1.54) is 17.7 Å². The highest BCUT2D eigenvalue weighted by molar-refractivity contribution is 9.10. The molecule has 0 bridgehead atoms. The zero-order valence-electron chi connectivity index (χ0n) is 11.9. The molecule has 110 valence electrons. The fourth-order valence-corrected chi connectivity index (χ4v) is 3.13. The fourth-order valence-electron chi connectivity index (χ4n) is 2.67. The predicted octanol–water partition coefficient (Wildman–Crippen LogP) is 3.64. The maximum absolute atomic E-state index is 13.6. The Balaban J connectivity index is 2.12. The van der Waals surface area contributed by atoms with Gasteiger partial charge >= 0.3 is 0 Å². The summed E-state index contributed by atoms with van der Waals surface area (Å²) in [5.41, 5.74) is 4.13. The van der Waals surface area contributed by atoms with Crippen molar-refractivity contribution in [3.05, 3.63) is 45.4 Å². The van der Waals surface area contributed by atoms with Crippen LogP contribution in [0.1, 0.15) is 30.3 Å². The molecule has 0 aliphatic carbocycles. The molecule has 0 spiro atoms. The number of benzene rings is 1. The molecule has 1 aliphatic heterocycles. The summed E-state index contributed by atoms with van der Waals surface area (Å²) in [7, 11) is 0. The van der Waals surface area contributed by atoms with Gasteiger partial charge in [-0.1, -0.05) is 29.3 Å². The summed E-state index contributed by atoms with van der Waals surface area (Å²) in [5, 5.41) is 3.37. The number of nitrogens with zero attached hydrogens (tertiary/aromatic N) is 2. The molecule has 0 atom stereocenters. The minimum absolute atomic E-state index is 0.278. The molecule has 2 aromatic rings. The zero-order valence-corrected chi connectivity index (χ0v) is 13.5. The molecule has 3 rings (SSSR count). The summed E-state index contributed by atoms with van der Waals surface area (Å²) in [5.74, 6) is 0.346. The molecule has 0 fully saturated rings. The van der Waals surface area contributed by atoms with Crippen molar-refractivity contribution in [1.29, 1.82) is 0 Å². The van der Waals surface area contributed by atoms with E-state index >= 15 is 0 Å². The second-order valence-corrected chi connectivity index (χ2v) is 6.17. The number of hydrogen-bond donors (Lipinski definition) is 1. The van der Waals surface area contributed by atoms with Gasteiger partial charge in [-0.05, 0) is 24.6 Å². The van der Waals surface area contributed by atoms with Crippen molar-refractivity contribution in [3.8, 4) is 11.4 Å². The first-order valence-corrected chi connectivity index (χ1v) is 8.02. The summed E-state index contributed by atoms with van der Waals surface area (Å²) in [4.78, 5) is 9.36. The van der Waals surface area contributed by atoms with Crippen molar-refractivity contribution < 1.29 is 4.39 Å². The van der Waals surface area contributed by atoms with Gasteiger partial charge in [-0.2, -0.15) is 0 Å². The minimum atomic E-state index is -0.278. The largest absolute Gasteiger partial charge is 0.312 e. The van der Waals surface area contributed by atoms with Crippen LogP contribution in [0.5, 0.6) is 0 Å². The number of hydrogen-bond acceptors (Lipinski definition) is 3. The van der Waals surface area contributed by atoms with Gasteiger partial charge in [0.1, 0.15) is 5.82 Å². The zero-order chi connectivity index (χ0) is 14.8. The molecule has 1 N–H and O–H groups in total. The Morgan fingerprint density at radius 1 is 1.29 bits per heavy atom. The molecule has 0 saturated heterocycles. The standard InChI is InChI=1S/C16H17BrFN3/c1-2-3-14-13-9-19-5-4-15(13)21-16(20-14)10-6-11(17)8-12(18)7-10/h6-8,19H,2-5,9H2,1H3. The summed E-state index contributed by atoms with van der Waals surface area (Å²) in [6.07, 6.45) is 2.86. The Bertz CT molecular complexity index is 653. The third-order valence-corrected chi connectivity index (χ3v) is 4.08. The Hall–Kier alpha value is -1.33. The second-order valence-electron chi connectivity index (χ2n) is 5.25. The molecule has 5 heteroatoms. The van der Waals surface area contributed by atoms with Gasteiger partial charge in [0.2, 0.25) is 0 Å². The summed E-state index contributed by atoms with van der Waals surface area (Å²) in [6, 6.07) is 4.80. The summed E-state index contributed by atoms with van der Waals surface area (Å²) in [6.45, 7) is 3.91. The van der Waals surface area contributed by atoms with Crippen LogP contribution in [0.3, 0.4) is 0 Å². The molecule has 0 radical (unpaired) electrons. The number of aromatic nitrogens is 2. The summed E-state index contributed by atoms with van der Waals surface area (Å²) >= 11 is 3.33. The lowest BCUT2D eigenvalue weighted by atomic mass is 10.0. The number of aryl methyl sites for hydroxylation is 1. The SMILES string of the molecule is CCCc1nc(-c2cc(F)cc(Br)c2)nc2c1CNCC2. The van der Waals surface area contributed by atoms with Gasteiger partial charge in [0.05, 0.1) is 5.69 Å². The van der Waals surface area contributed by atoms with Crippen LogP contribution in [0, 0.1) is 5.82 Å². The van der Waals surface area contributed by atoms with Crippen molar-refractivity contribution in [3.63, 3.8) is 0 Å². The van der Waals surface area contributed by atoms with Gasteiger partial charge in [-0.3, -0.25) is 0 Å². The van der Waals surface area contributed by atoms with Crippen molar-refractivity contribution in [2.75, 3.05) is 6.54 Å². The molecular weight excluding hydrogens is 333 g/mol. The molecule has 2 heterocycles. The third kappa shape index (κ3) is 3.14. The van der Waals surface area contributed by atoms with E-state index < -0.39 is 0 Å². The lowest BCUT2D eigenvalue weighted by Gasteiger charge is -2.20. The van der Waals surface area contributed by atoms with E-state index in [1.807, 2.05) is 6.07 Å². The first-order valence-electron chi connectivity index (χ1n) is 7.23. The van der Waals surface area contributed by atoms with Crippen LogP contribution in [-0.4, -0.2) is 16.5 Å². The van der Waals surface area contributed by atoms with Crippen LogP contribution >= 0.6 is 15.9 Å². The topological polar surface area (TPSA) is 37.8 Å². The molecular formula is C16H17BrFN3. The van der Waals surface area contributed by atoms with Crippen LogP contribution < -0.4 is 5.32 Å². The van der Waals surface area contributed by atoms with Gasteiger partial charge in [0.25, 0.3) is 0 Å². The predicted molar refractivity (Wildman–Crippen MR) is 84.5 cm³/mol. The van der Waals surface area contributed by atoms with Crippen molar-refractivity contribution in [2.45, 2.75) is 32.7 Å². The molecule has 1 aliphatic rings. The maximum atomic E-state index is 13.6. The van der Waals surface area contributed by atoms with Gasteiger partial charge < -0.3 is 5.32 Å². The average Bonchev–Trinajstić information content (AvgIpc) is 2.46. The van der Waals surface area contributed by atoms with Crippen LogP contribution in [0.15, 0.2) is 22.7 Å². The first kappa shape index (κ1) is 14.6. The van der Waals surface area contributed by atoms with E-state index in [1.54, 1.807) is 0 Å². The van der Waals surface area contributed by atoms with Crippen molar-refractivity contribution >= 4 is 15.9 Å². The molecule has 0 amide bonds. The molecule has 21 heavy (non-hydrogen) atoms. The number of fused-ring (bicyclic) bond motifs is 1. The highest BCUT2D eigenvalue weighted by atomic mass is 79.9. The lowest BCUT2D eigenvalue weighted by molar-refractivity contribution is 0.614. The molecule has 3 nitrogen and oxygen atoms in total. The Labute approximate surface area is 132 Å². The maximum Gasteiger partial charge on any atom is 0.159 e. The Morgan fingerprint density at radius 2 is 2.14 bits per heavy atom. The molecule has 0 saturated carbocycles. The number of rotatable bonds is 3. The molecule has 1 aromatic heterocycles. The summed E-state index contributed by atoms with van der Waals surface area (Å²) < 4.78 is 14.3. The van der Waals surface area contributed by atoms with Crippen LogP contribution in [-0.2, 0) is 19.4 Å². The normalized spacial score (nSPS) is 14.0. The first-order chi connectivity index (χ1) is 10.2. The number of nitrogens with one attached hydrogen (secondary N) is 1. The average molecular weight is 350 g/mol. The quantitative estimate of drug-likeness (QED) is 0.918. The Kier molecular flexibility index (Phi) is 4.31. The van der Waals surface area contributed by atoms with Crippen LogP contribution in [0.2, 0.25) is 0 Å². The monoisotopic (exact) mass is 349 g/mol. The van der Waals surface area contributed by atoms with E-state index in [0.717, 1.165) is 49.3 Å². The van der Waals surface area contributed by atoms with Gasteiger partial charge in [0.15, 0.2) is 5.82 Å². The highest BCUT2D eigenvalue weighted by Gasteiger charge is 2.18. The van der Waals surface area contributed by atoms with E-state index in [4.69, 9.17) is 0 Å². The van der Waals surface area contributed by atoms with E-state index in [9.17, 15) is 4.39 Å². The van der Waals surface area contributed by atoms with Crippen LogP contribution in [0.4, 0.5) is 4.39 Å². The van der Waals surface area contributed by atoms with Gasteiger partial charge in [-0.25, -0.2) is 14.4 Å². The third-order valence-electron chi connectivity index (χ3n) is 3.63. The minimum Gasteiger partial charge on any atom is -0.312 e. The van der Waals surface area contributed by atoms with Gasteiger partial charge in [0, 0.05) is 40.8 Å². The van der Waals surface area contributed by atoms with E-state index in [2.05, 4.69) is 38.1 Å². The van der Waals surface area contributed by atoms with Crippen molar-refractivity contribution in [1.82, 2.24) is 15.3 Å². The molecule has 1 aromatic carbocycles. The number of halogens is 2. The van der Waals surface area contributed by atoms with Crippen molar-refractivity contribution in [2.24, 2.45) is 0 Å². The van der Waals surface area contributed by atoms with E-state index in [-0.39, 0.29) is 5.82 Å². The smallest absolute Gasteiger partial charge is 0.159 e. The fraction of sp³-hybridized carbons (Fsp3) is 0.375. The van der Waals surface area contributed by atoms with E-state index in [0.29, 0.717) is 10.3 Å². The highest BCUT2D eigenvalue weighted by Crippen LogP contribution is 2.25. The lowest BCUT2D eigenvalue weighted by Crippen LogP contribution is -2.26.